The Morgan fingerprint density at radius 1 is 0.621 bits per heavy atom. The first-order valence-electron chi connectivity index (χ1n) is 21.2. The minimum absolute atomic E-state index is 0.0602. The van der Waals surface area contributed by atoms with Gasteiger partial charge >= 0.3 is 12.2 Å². The average molecular weight is 795 g/mol. The fourth-order valence-electron chi connectivity index (χ4n) is 9.33. The fraction of sp³-hybridized carbons (Fsp3) is 0.522. The number of benzene rings is 3. The van der Waals surface area contributed by atoms with Gasteiger partial charge in [-0.2, -0.15) is 0 Å². The van der Waals surface area contributed by atoms with Gasteiger partial charge in [0.25, 0.3) is 0 Å². The quantitative estimate of drug-likeness (QED) is 0.147. The van der Waals surface area contributed by atoms with E-state index in [1.807, 2.05) is 9.80 Å². The van der Waals surface area contributed by atoms with E-state index in [2.05, 4.69) is 105 Å². The lowest BCUT2D eigenvalue weighted by atomic mass is 9.82. The van der Waals surface area contributed by atoms with Gasteiger partial charge in [-0.3, -0.25) is 9.59 Å². The molecule has 12 nitrogen and oxygen atoms in total. The van der Waals surface area contributed by atoms with Crippen LogP contribution in [0.1, 0.15) is 82.8 Å². The van der Waals surface area contributed by atoms with Crippen LogP contribution >= 0.6 is 0 Å². The highest BCUT2D eigenvalue weighted by Gasteiger charge is 2.41. The summed E-state index contributed by atoms with van der Waals surface area (Å²) in [4.78, 5) is 52.1. The molecule has 0 aromatic heterocycles. The smallest absolute Gasteiger partial charge is 0.407 e. The standard InChI is InChI=1S/C43H54N6O6.C3H8/c1-54-41(52)46-27-39(50)48-21-5-7-33(48)25-44-31-13-9-29(10-14-31)35-17-18-36(38-24-43(23-37(35)38)19-3-4-20-43)30-11-15-32(16-12-30)45-26-34-8-6-22-49(34)40(51)28-47-42(53)55-2;1-3-2/h9-18,33-34,44-45H,3-8,19-28H2,1-2H3,(H,46,52)(H,47,53);3H2,1-2H3/t33-,34-;/m0./s1. The molecule has 0 bridgehead atoms. The molecule has 2 aliphatic carbocycles. The molecule has 2 atom stereocenters. The maximum Gasteiger partial charge on any atom is 0.407 e. The van der Waals surface area contributed by atoms with Crippen LogP contribution in [0.4, 0.5) is 21.0 Å². The molecule has 2 aliphatic heterocycles. The number of alkyl carbamates (subject to hydrolysis) is 2. The summed E-state index contributed by atoms with van der Waals surface area (Å²) in [6.07, 6.45) is 11.2. The molecule has 312 valence electrons. The summed E-state index contributed by atoms with van der Waals surface area (Å²) < 4.78 is 9.20. The number of carbonyl (C=O) groups excluding carboxylic acids is 4. The van der Waals surface area contributed by atoms with Crippen molar-refractivity contribution in [2.24, 2.45) is 5.41 Å². The van der Waals surface area contributed by atoms with Crippen molar-refractivity contribution in [1.29, 1.82) is 0 Å². The molecule has 2 heterocycles. The van der Waals surface area contributed by atoms with Crippen molar-refractivity contribution in [2.75, 3.05) is 64.1 Å². The summed E-state index contributed by atoms with van der Waals surface area (Å²) in [6.45, 7) is 6.82. The van der Waals surface area contributed by atoms with E-state index in [1.165, 1.54) is 79.7 Å². The number of methoxy groups -OCH3 is 2. The third-order valence-corrected chi connectivity index (χ3v) is 12.2. The van der Waals surface area contributed by atoms with E-state index >= 15 is 0 Å². The second-order valence-corrected chi connectivity index (χ2v) is 16.3. The Morgan fingerprint density at radius 2 is 1.02 bits per heavy atom. The van der Waals surface area contributed by atoms with Crippen LogP contribution in [-0.2, 0) is 31.9 Å². The molecule has 4 N–H and O–H groups in total. The minimum atomic E-state index is -0.600. The second kappa shape index (κ2) is 19.9. The topological polar surface area (TPSA) is 141 Å². The van der Waals surface area contributed by atoms with Crippen LogP contribution < -0.4 is 21.3 Å². The van der Waals surface area contributed by atoms with Crippen molar-refractivity contribution in [3.05, 3.63) is 71.8 Å². The van der Waals surface area contributed by atoms with E-state index in [4.69, 9.17) is 0 Å². The number of nitrogens with one attached hydrogen (secondary N) is 4. The van der Waals surface area contributed by atoms with Crippen molar-refractivity contribution >= 4 is 35.4 Å². The first-order valence-corrected chi connectivity index (χ1v) is 21.2. The van der Waals surface area contributed by atoms with Crippen LogP contribution in [-0.4, -0.2) is 99.4 Å². The molecule has 7 rings (SSSR count). The molecule has 1 saturated carbocycles. The summed E-state index contributed by atoms with van der Waals surface area (Å²) in [5.74, 6) is -0.187. The summed E-state index contributed by atoms with van der Waals surface area (Å²) >= 11 is 0. The van der Waals surface area contributed by atoms with E-state index in [0.29, 0.717) is 31.6 Å². The molecule has 12 heteroatoms. The Bertz CT molecular complexity index is 1750. The van der Waals surface area contributed by atoms with Crippen LogP contribution in [0, 0.1) is 5.41 Å². The molecule has 0 unspecified atom stereocenters. The number of rotatable bonds is 12. The lowest BCUT2D eigenvalue weighted by molar-refractivity contribution is -0.131. The summed E-state index contributed by atoms with van der Waals surface area (Å²) in [5.41, 5.74) is 10.4. The molecular weight excluding hydrogens is 733 g/mol. The predicted molar refractivity (Wildman–Crippen MR) is 229 cm³/mol. The molecule has 1 spiro atoms. The highest BCUT2D eigenvalue weighted by Crippen LogP contribution is 2.53. The number of amides is 4. The second-order valence-electron chi connectivity index (χ2n) is 16.3. The Balaban J connectivity index is 0.00000183. The van der Waals surface area contributed by atoms with Crippen molar-refractivity contribution in [1.82, 2.24) is 20.4 Å². The van der Waals surface area contributed by atoms with Crippen molar-refractivity contribution < 1.29 is 28.7 Å². The summed E-state index contributed by atoms with van der Waals surface area (Å²) in [7, 11) is 2.58. The van der Waals surface area contributed by atoms with Gasteiger partial charge in [-0.15, -0.1) is 0 Å². The third-order valence-electron chi connectivity index (χ3n) is 12.2. The van der Waals surface area contributed by atoms with Crippen molar-refractivity contribution in [3.63, 3.8) is 0 Å². The SMILES string of the molecule is CCC.COC(=O)NCC(=O)N1CCC[C@H]1CNc1ccc(-c2ccc(-c3ccc(NC[C@@H]4CCCN4C(=O)CNC(=O)OC)cc3)c3c2CC2(CCCC2)C3)cc1. The largest absolute Gasteiger partial charge is 0.453 e. The molecule has 4 aliphatic rings. The van der Waals surface area contributed by atoms with Gasteiger partial charge in [0.2, 0.25) is 11.8 Å². The third kappa shape index (κ3) is 10.2. The molecule has 58 heavy (non-hydrogen) atoms. The van der Waals surface area contributed by atoms with Gasteiger partial charge in [-0.25, -0.2) is 9.59 Å². The molecular formula is C46H62N6O6. The first-order chi connectivity index (χ1) is 28.2. The zero-order valence-electron chi connectivity index (χ0n) is 34.8. The molecule has 4 amide bonds. The summed E-state index contributed by atoms with van der Waals surface area (Å²) in [5, 5.41) is 12.1. The zero-order chi connectivity index (χ0) is 41.1. The molecule has 3 aromatic rings. The molecule has 2 saturated heterocycles. The lowest BCUT2D eigenvalue weighted by Crippen LogP contribution is -2.44. The first kappa shape index (κ1) is 42.3. The van der Waals surface area contributed by atoms with E-state index in [-0.39, 0.29) is 37.0 Å². The molecule has 3 aromatic carbocycles. The van der Waals surface area contributed by atoms with Gasteiger partial charge in [0, 0.05) is 49.6 Å². The number of nitrogens with zero attached hydrogens (tertiary/aromatic N) is 2. The predicted octanol–water partition coefficient (Wildman–Crippen LogP) is 7.61. The maximum absolute atomic E-state index is 12.7. The number of hydrogen-bond donors (Lipinski definition) is 4. The number of carbonyl (C=O) groups is 4. The Hall–Kier alpha value is -5.26. The number of hydrogen-bond acceptors (Lipinski definition) is 8. The van der Waals surface area contributed by atoms with E-state index in [9.17, 15) is 19.2 Å². The van der Waals surface area contributed by atoms with Gasteiger partial charge in [0.05, 0.1) is 14.2 Å². The van der Waals surface area contributed by atoms with E-state index in [0.717, 1.165) is 49.9 Å². The number of anilines is 2. The van der Waals surface area contributed by atoms with Crippen LogP contribution in [0.2, 0.25) is 0 Å². The Labute approximate surface area is 343 Å². The number of fused-ring (bicyclic) bond motifs is 1. The Morgan fingerprint density at radius 3 is 1.40 bits per heavy atom. The highest BCUT2D eigenvalue weighted by atomic mass is 16.5. The van der Waals surface area contributed by atoms with Crippen LogP contribution in [0.15, 0.2) is 60.7 Å². The van der Waals surface area contributed by atoms with Crippen LogP contribution in [0.5, 0.6) is 0 Å². The van der Waals surface area contributed by atoms with E-state index < -0.39 is 12.2 Å². The lowest BCUT2D eigenvalue weighted by Gasteiger charge is -2.25. The Kier molecular flexibility index (Phi) is 14.6. The van der Waals surface area contributed by atoms with Crippen LogP contribution in [0.25, 0.3) is 22.3 Å². The van der Waals surface area contributed by atoms with Gasteiger partial charge < -0.3 is 40.5 Å². The molecule has 3 fully saturated rings. The maximum atomic E-state index is 12.7. The molecule has 0 radical (unpaired) electrons. The average Bonchev–Trinajstić information content (AvgIpc) is 4.08. The number of ether oxygens (including phenoxy) is 2. The zero-order valence-corrected chi connectivity index (χ0v) is 34.8. The van der Waals surface area contributed by atoms with E-state index in [1.54, 1.807) is 0 Å². The van der Waals surface area contributed by atoms with Gasteiger partial charge in [0.15, 0.2) is 0 Å². The van der Waals surface area contributed by atoms with Crippen LogP contribution in [0.3, 0.4) is 0 Å². The number of likely N-dealkylation sites (tertiary alicyclic amines) is 2. The fourth-order valence-corrected chi connectivity index (χ4v) is 9.33. The van der Waals surface area contributed by atoms with Gasteiger partial charge in [0.1, 0.15) is 13.1 Å². The van der Waals surface area contributed by atoms with Gasteiger partial charge in [-0.05, 0) is 114 Å². The monoisotopic (exact) mass is 794 g/mol. The highest BCUT2D eigenvalue weighted by molar-refractivity contribution is 5.84. The summed E-state index contributed by atoms with van der Waals surface area (Å²) in [6, 6.07) is 22.2. The minimum Gasteiger partial charge on any atom is -0.453 e. The van der Waals surface area contributed by atoms with Crippen molar-refractivity contribution in [3.8, 4) is 22.3 Å². The normalized spacial score (nSPS) is 18.9. The van der Waals surface area contributed by atoms with Gasteiger partial charge in [-0.1, -0.05) is 69.5 Å². The van der Waals surface area contributed by atoms with Crippen molar-refractivity contribution in [2.45, 2.75) is 96.6 Å².